The van der Waals surface area contributed by atoms with E-state index in [1.54, 1.807) is 31.4 Å². The summed E-state index contributed by atoms with van der Waals surface area (Å²) in [5.74, 6) is 0.749. The van der Waals surface area contributed by atoms with Crippen LogP contribution in [0.3, 0.4) is 0 Å². The number of halogens is 1. The van der Waals surface area contributed by atoms with Crippen molar-refractivity contribution in [1.29, 1.82) is 0 Å². The average molecular weight is 383 g/mol. The normalized spacial score (nSPS) is 10.4. The van der Waals surface area contributed by atoms with E-state index >= 15 is 0 Å². The molecule has 0 aliphatic carbocycles. The van der Waals surface area contributed by atoms with Crippen molar-refractivity contribution in [2.24, 2.45) is 0 Å². The number of amides is 1. The lowest BCUT2D eigenvalue weighted by atomic mass is 10.1. The maximum absolute atomic E-state index is 12.5. The Morgan fingerprint density at radius 3 is 2.48 bits per heavy atom. The second-order valence-electron chi connectivity index (χ2n) is 6.09. The molecule has 0 aliphatic rings. The largest absolute Gasteiger partial charge is 0.495 e. The first-order valence-corrected chi connectivity index (χ1v) is 8.64. The minimum atomic E-state index is -0.316. The average Bonchev–Trinajstić information content (AvgIpc) is 2.61. The van der Waals surface area contributed by atoms with Gasteiger partial charge in [-0.15, -0.1) is 0 Å². The molecule has 0 saturated carbocycles. The number of carbonyl (C=O) groups excluding carboxylic acids is 1. The highest BCUT2D eigenvalue weighted by Gasteiger charge is 2.11. The topological polar surface area (TPSA) is 76.1 Å². The van der Waals surface area contributed by atoms with Gasteiger partial charge in [0.15, 0.2) is 0 Å². The second-order valence-corrected chi connectivity index (χ2v) is 6.53. The number of methoxy groups -OCH3 is 1. The Bertz CT molecular complexity index is 971. The van der Waals surface area contributed by atoms with E-state index in [1.807, 2.05) is 32.0 Å². The number of aromatic nitrogens is 2. The van der Waals surface area contributed by atoms with Gasteiger partial charge in [-0.3, -0.25) is 4.79 Å². The first-order chi connectivity index (χ1) is 12.9. The van der Waals surface area contributed by atoms with E-state index in [4.69, 9.17) is 16.3 Å². The van der Waals surface area contributed by atoms with Gasteiger partial charge in [-0.25, -0.2) is 9.97 Å². The number of ether oxygens (including phenoxy) is 1. The van der Waals surface area contributed by atoms with Crippen molar-refractivity contribution in [2.75, 3.05) is 17.7 Å². The van der Waals surface area contributed by atoms with E-state index < -0.39 is 0 Å². The molecule has 27 heavy (non-hydrogen) atoms. The van der Waals surface area contributed by atoms with Gasteiger partial charge in [-0.1, -0.05) is 17.7 Å². The van der Waals surface area contributed by atoms with E-state index in [0.29, 0.717) is 22.3 Å². The Balaban J connectivity index is 1.81. The zero-order valence-corrected chi connectivity index (χ0v) is 16.0. The number of hydrogen-bond donors (Lipinski definition) is 2. The number of aryl methyl sites for hydroxylation is 2. The molecule has 1 heterocycles. The fourth-order valence-corrected chi connectivity index (χ4v) is 2.88. The highest BCUT2D eigenvalue weighted by atomic mass is 35.5. The molecule has 0 radical (unpaired) electrons. The Labute approximate surface area is 162 Å². The molecule has 0 aliphatic heterocycles. The molecule has 3 rings (SSSR count). The molecule has 0 unspecified atom stereocenters. The summed E-state index contributed by atoms with van der Waals surface area (Å²) >= 11 is 6.05. The van der Waals surface area contributed by atoms with Gasteiger partial charge in [-0.2, -0.15) is 0 Å². The summed E-state index contributed by atoms with van der Waals surface area (Å²) in [5.41, 5.74) is 3.76. The number of nitrogens with zero attached hydrogens (tertiary/aromatic N) is 2. The van der Waals surface area contributed by atoms with Crippen LogP contribution in [0.5, 0.6) is 5.75 Å². The van der Waals surface area contributed by atoms with E-state index in [1.165, 1.54) is 6.33 Å². The van der Waals surface area contributed by atoms with Crippen LogP contribution in [-0.2, 0) is 0 Å². The fraction of sp³-hybridized carbons (Fsp3) is 0.150. The number of anilines is 3. The van der Waals surface area contributed by atoms with E-state index in [-0.39, 0.29) is 11.6 Å². The third-order valence-corrected chi connectivity index (χ3v) is 4.04. The van der Waals surface area contributed by atoms with E-state index in [9.17, 15) is 4.79 Å². The van der Waals surface area contributed by atoms with Crippen molar-refractivity contribution in [3.63, 3.8) is 0 Å². The zero-order chi connectivity index (χ0) is 19.4. The number of rotatable bonds is 5. The molecule has 0 atom stereocenters. The van der Waals surface area contributed by atoms with Crippen molar-refractivity contribution in [1.82, 2.24) is 9.97 Å². The third-order valence-electron chi connectivity index (χ3n) is 3.80. The zero-order valence-electron chi connectivity index (χ0n) is 15.2. The molecular weight excluding hydrogens is 364 g/mol. The standard InChI is InChI=1S/C20H19ClN4O2/c1-12-6-13(2)8-15(7-12)24-20(26)17-10-19(23-11-22-17)25-16-9-14(21)4-5-18(16)27-3/h4-11H,1-3H3,(H,24,26)(H,22,23,25). The summed E-state index contributed by atoms with van der Waals surface area (Å²) in [6.07, 6.45) is 1.33. The molecule has 2 aromatic carbocycles. The Morgan fingerprint density at radius 1 is 1.04 bits per heavy atom. The highest BCUT2D eigenvalue weighted by molar-refractivity contribution is 6.31. The van der Waals surface area contributed by atoms with Gasteiger partial charge in [0, 0.05) is 16.8 Å². The molecule has 2 N–H and O–H groups in total. The summed E-state index contributed by atoms with van der Waals surface area (Å²) < 4.78 is 5.31. The van der Waals surface area contributed by atoms with Crippen LogP contribution in [0, 0.1) is 13.8 Å². The number of hydrogen-bond acceptors (Lipinski definition) is 5. The Morgan fingerprint density at radius 2 is 1.78 bits per heavy atom. The van der Waals surface area contributed by atoms with Crippen LogP contribution in [0.15, 0.2) is 48.8 Å². The minimum Gasteiger partial charge on any atom is -0.495 e. The first kappa shape index (κ1) is 18.7. The van der Waals surface area contributed by atoms with Crippen molar-refractivity contribution < 1.29 is 9.53 Å². The van der Waals surface area contributed by atoms with Gasteiger partial charge < -0.3 is 15.4 Å². The summed E-state index contributed by atoms with van der Waals surface area (Å²) in [6.45, 7) is 3.96. The molecule has 1 amide bonds. The predicted octanol–water partition coefficient (Wildman–Crippen LogP) is 4.75. The summed E-state index contributed by atoms with van der Waals surface area (Å²) in [7, 11) is 1.57. The molecule has 6 nitrogen and oxygen atoms in total. The molecular formula is C20H19ClN4O2. The molecule has 0 bridgehead atoms. The van der Waals surface area contributed by atoms with Crippen molar-refractivity contribution in [2.45, 2.75) is 13.8 Å². The number of nitrogens with one attached hydrogen (secondary N) is 2. The van der Waals surface area contributed by atoms with Gasteiger partial charge >= 0.3 is 0 Å². The van der Waals surface area contributed by atoms with Crippen LogP contribution >= 0.6 is 11.6 Å². The Kier molecular flexibility index (Phi) is 5.57. The molecule has 0 spiro atoms. The predicted molar refractivity (Wildman–Crippen MR) is 107 cm³/mol. The summed E-state index contributed by atoms with van der Waals surface area (Å²) in [4.78, 5) is 20.8. The van der Waals surface area contributed by atoms with Crippen LogP contribution in [0.2, 0.25) is 5.02 Å². The van der Waals surface area contributed by atoms with Gasteiger partial charge in [-0.05, 0) is 55.3 Å². The molecule has 1 aromatic heterocycles. The van der Waals surface area contributed by atoms with Crippen LogP contribution in [-0.4, -0.2) is 23.0 Å². The van der Waals surface area contributed by atoms with E-state index in [2.05, 4.69) is 20.6 Å². The van der Waals surface area contributed by atoms with Gasteiger partial charge in [0.05, 0.1) is 12.8 Å². The highest BCUT2D eigenvalue weighted by Crippen LogP contribution is 2.30. The van der Waals surface area contributed by atoms with Crippen molar-refractivity contribution >= 4 is 34.7 Å². The first-order valence-electron chi connectivity index (χ1n) is 8.27. The molecule has 3 aromatic rings. The van der Waals surface area contributed by atoms with Gasteiger partial charge in [0.25, 0.3) is 5.91 Å². The fourth-order valence-electron chi connectivity index (χ4n) is 2.71. The second kappa shape index (κ2) is 8.05. The molecule has 0 fully saturated rings. The maximum Gasteiger partial charge on any atom is 0.274 e. The van der Waals surface area contributed by atoms with Gasteiger partial charge in [0.2, 0.25) is 0 Å². The quantitative estimate of drug-likeness (QED) is 0.665. The lowest BCUT2D eigenvalue weighted by Gasteiger charge is -2.12. The summed E-state index contributed by atoms with van der Waals surface area (Å²) in [6, 6.07) is 12.6. The summed E-state index contributed by atoms with van der Waals surface area (Å²) in [5, 5.41) is 6.52. The minimum absolute atomic E-state index is 0.243. The van der Waals surface area contributed by atoms with Crippen LogP contribution in [0.1, 0.15) is 21.6 Å². The van der Waals surface area contributed by atoms with Crippen LogP contribution in [0.4, 0.5) is 17.2 Å². The van der Waals surface area contributed by atoms with Gasteiger partial charge in [0.1, 0.15) is 23.6 Å². The Hall–Kier alpha value is -3.12. The molecule has 138 valence electrons. The van der Waals surface area contributed by atoms with Crippen LogP contribution < -0.4 is 15.4 Å². The smallest absolute Gasteiger partial charge is 0.274 e. The van der Waals surface area contributed by atoms with Crippen molar-refractivity contribution in [3.8, 4) is 5.75 Å². The lowest BCUT2D eigenvalue weighted by molar-refractivity contribution is 0.102. The number of benzene rings is 2. The lowest BCUT2D eigenvalue weighted by Crippen LogP contribution is -2.14. The maximum atomic E-state index is 12.5. The van der Waals surface area contributed by atoms with Crippen molar-refractivity contribution in [3.05, 3.63) is 70.6 Å². The van der Waals surface area contributed by atoms with E-state index in [0.717, 1.165) is 16.8 Å². The van der Waals surface area contributed by atoms with Crippen LogP contribution in [0.25, 0.3) is 0 Å². The number of carbonyl (C=O) groups is 1. The SMILES string of the molecule is COc1ccc(Cl)cc1Nc1cc(C(=O)Nc2cc(C)cc(C)c2)ncn1. The monoisotopic (exact) mass is 382 g/mol. The molecule has 7 heteroatoms. The molecule has 0 saturated heterocycles. The third kappa shape index (κ3) is 4.74.